The largest absolute Gasteiger partial charge is 0.118 e. The Morgan fingerprint density at radius 1 is 0.762 bits per heavy atom. The minimum Gasteiger partial charge on any atom is -0.0655 e. The number of rotatable bonds is 2. The second-order valence-electron chi connectivity index (χ2n) is 10.5. The lowest BCUT2D eigenvalue weighted by Gasteiger charge is -2.65. The van der Waals surface area contributed by atoms with E-state index in [1.807, 2.05) is 0 Å². The molecule has 0 aromatic heterocycles. The second-order valence-corrected chi connectivity index (χ2v) is 10.5. The maximum Gasteiger partial charge on any atom is 0.118 e. The van der Waals surface area contributed by atoms with Gasteiger partial charge in [0.15, 0.2) is 0 Å². The van der Waals surface area contributed by atoms with Crippen molar-refractivity contribution in [1.82, 2.24) is 0 Å². The Balaban J connectivity index is 1.47. The zero-order valence-electron chi connectivity index (χ0n) is 15.0. The van der Waals surface area contributed by atoms with Crippen molar-refractivity contribution in [2.45, 2.75) is 78.9 Å². The van der Waals surface area contributed by atoms with Gasteiger partial charge in [0.25, 0.3) is 0 Å². The average Bonchev–Trinajstić information content (AvgIpc) is 2.41. The highest BCUT2D eigenvalue weighted by atomic mass is 14.6. The first-order chi connectivity index (χ1) is 9.73. The Bertz CT molecular complexity index is 437. The summed E-state index contributed by atoms with van der Waals surface area (Å²) in [6, 6.07) is 0. The van der Waals surface area contributed by atoms with E-state index >= 15 is 0 Å². The zero-order chi connectivity index (χ0) is 15.2. The van der Waals surface area contributed by atoms with Crippen LogP contribution in [0.1, 0.15) is 67.2 Å². The maximum atomic E-state index is 2.88. The molecule has 1 radical (unpaired) electrons. The summed E-state index contributed by atoms with van der Waals surface area (Å²) >= 11 is 0. The predicted molar refractivity (Wildman–Crippen MR) is 91.6 cm³/mol. The maximum absolute atomic E-state index is 2.88. The van der Waals surface area contributed by atoms with Gasteiger partial charge in [0.05, 0.1) is 0 Å². The molecule has 0 unspecified atom stereocenters. The topological polar surface area (TPSA) is 0 Å². The van der Waals surface area contributed by atoms with Crippen LogP contribution in [0.4, 0.5) is 0 Å². The van der Waals surface area contributed by atoms with Gasteiger partial charge in [-0.2, -0.15) is 0 Å². The van der Waals surface area contributed by atoms with Crippen LogP contribution in [0.25, 0.3) is 0 Å². The molecule has 117 valence electrons. The molecule has 0 aromatic rings. The van der Waals surface area contributed by atoms with E-state index in [0.717, 1.165) is 47.1 Å². The normalized spacial score (nSPS) is 56.1. The van der Waals surface area contributed by atoms with E-state index in [1.54, 1.807) is 0 Å². The van der Waals surface area contributed by atoms with Crippen LogP contribution in [0, 0.1) is 46.3 Å². The van der Waals surface area contributed by atoms with E-state index in [1.165, 1.54) is 25.7 Å². The molecule has 0 amide bonds. The minimum atomic E-state index is 0.633. The van der Waals surface area contributed by atoms with Crippen LogP contribution >= 0.6 is 0 Å². The van der Waals surface area contributed by atoms with Crippen molar-refractivity contribution < 1.29 is 0 Å². The first-order valence-corrected chi connectivity index (χ1v) is 9.58. The predicted octanol–water partition coefficient (Wildman–Crippen LogP) is 5.67. The van der Waals surface area contributed by atoms with Crippen molar-refractivity contribution in [3.63, 3.8) is 0 Å². The standard InChI is InChI=1S/C20H34B/c1-11-7-13-9-16(20(13,5)6)18(11)21-17-10-14-8-15(12(17)2)19(14,3)4/h11-18H,7-10H2,1-6H3/t11-,12-,13-,14+,15-,16-,17-,18+/m1/s1. The summed E-state index contributed by atoms with van der Waals surface area (Å²) in [7, 11) is 2.88. The Kier molecular flexibility index (Phi) is 3.02. The van der Waals surface area contributed by atoms with Crippen LogP contribution in [0.15, 0.2) is 0 Å². The van der Waals surface area contributed by atoms with Gasteiger partial charge in [-0.1, -0.05) is 59.6 Å². The summed E-state index contributed by atoms with van der Waals surface area (Å²) in [5, 5.41) is 0. The lowest BCUT2D eigenvalue weighted by Crippen LogP contribution is -2.57. The third-order valence-corrected chi connectivity index (χ3v) is 9.21. The summed E-state index contributed by atoms with van der Waals surface area (Å²) < 4.78 is 0. The van der Waals surface area contributed by atoms with Crippen molar-refractivity contribution >= 4 is 7.28 Å². The van der Waals surface area contributed by atoms with Gasteiger partial charge in [-0.05, 0) is 65.6 Å². The fourth-order valence-corrected chi connectivity index (χ4v) is 7.16. The first-order valence-electron chi connectivity index (χ1n) is 9.58. The van der Waals surface area contributed by atoms with E-state index < -0.39 is 0 Å². The Morgan fingerprint density at radius 3 is 1.90 bits per heavy atom. The molecule has 0 saturated heterocycles. The van der Waals surface area contributed by atoms with Crippen LogP contribution in [-0.2, 0) is 0 Å². The van der Waals surface area contributed by atoms with Crippen LogP contribution in [0.5, 0.6) is 0 Å². The monoisotopic (exact) mass is 285 g/mol. The highest BCUT2D eigenvalue weighted by Gasteiger charge is 2.59. The van der Waals surface area contributed by atoms with Crippen molar-refractivity contribution in [3.05, 3.63) is 0 Å². The van der Waals surface area contributed by atoms with Gasteiger partial charge in [0.2, 0.25) is 0 Å². The fraction of sp³-hybridized carbons (Fsp3) is 1.00. The highest BCUT2D eigenvalue weighted by Crippen LogP contribution is 2.68. The molecule has 0 aromatic carbocycles. The molecule has 0 N–H and O–H groups in total. The highest BCUT2D eigenvalue weighted by molar-refractivity contribution is 6.40. The molecule has 0 heterocycles. The van der Waals surface area contributed by atoms with Gasteiger partial charge < -0.3 is 0 Å². The molecule has 0 spiro atoms. The molecule has 8 atom stereocenters. The first kappa shape index (κ1) is 14.6. The van der Waals surface area contributed by atoms with Crippen molar-refractivity contribution in [2.75, 3.05) is 0 Å². The molecular formula is C20H34B. The lowest BCUT2D eigenvalue weighted by atomic mass is 9.29. The Hall–Kier alpha value is 0.0649. The molecule has 6 saturated carbocycles. The van der Waals surface area contributed by atoms with Gasteiger partial charge in [-0.25, -0.2) is 0 Å². The van der Waals surface area contributed by atoms with E-state index in [2.05, 4.69) is 48.8 Å². The molecule has 0 aliphatic heterocycles. The van der Waals surface area contributed by atoms with Crippen molar-refractivity contribution in [1.29, 1.82) is 0 Å². The summed E-state index contributed by atoms with van der Waals surface area (Å²) in [6.07, 6.45) is 6.03. The zero-order valence-corrected chi connectivity index (χ0v) is 15.0. The molecule has 0 nitrogen and oxygen atoms in total. The quantitative estimate of drug-likeness (QED) is 0.573. The molecular weight excluding hydrogens is 251 g/mol. The van der Waals surface area contributed by atoms with E-state index in [-0.39, 0.29) is 0 Å². The van der Waals surface area contributed by atoms with Gasteiger partial charge >= 0.3 is 0 Å². The van der Waals surface area contributed by atoms with Crippen LogP contribution in [0.3, 0.4) is 0 Å². The fourth-order valence-electron chi connectivity index (χ4n) is 7.16. The van der Waals surface area contributed by atoms with Gasteiger partial charge in [-0.3, -0.25) is 0 Å². The number of hydrogen-bond acceptors (Lipinski definition) is 0. The van der Waals surface area contributed by atoms with E-state index in [4.69, 9.17) is 0 Å². The minimum absolute atomic E-state index is 0.633. The van der Waals surface area contributed by atoms with Crippen LogP contribution in [0.2, 0.25) is 11.6 Å². The van der Waals surface area contributed by atoms with Crippen molar-refractivity contribution in [3.8, 4) is 0 Å². The summed E-state index contributed by atoms with van der Waals surface area (Å²) in [5.74, 6) is 7.74. The SMILES string of the molecule is C[C@H]1[C@H]([B][C@H]2[C@H](C)C[C@@H]3C[C@H]2C3(C)C)C[C@@H]2C[C@H]1C2(C)C. The van der Waals surface area contributed by atoms with Crippen LogP contribution < -0.4 is 0 Å². The summed E-state index contributed by atoms with van der Waals surface area (Å²) in [6.45, 7) is 15.2. The number of hydrogen-bond donors (Lipinski definition) is 0. The van der Waals surface area contributed by atoms with E-state index in [9.17, 15) is 0 Å². The molecule has 1 heteroatoms. The van der Waals surface area contributed by atoms with Gasteiger partial charge in [-0.15, -0.1) is 0 Å². The molecule has 6 aliphatic rings. The van der Waals surface area contributed by atoms with E-state index in [0.29, 0.717) is 10.8 Å². The summed E-state index contributed by atoms with van der Waals surface area (Å²) in [4.78, 5) is 0. The second kappa shape index (κ2) is 4.32. The molecule has 6 fully saturated rings. The molecule has 4 bridgehead atoms. The lowest BCUT2D eigenvalue weighted by molar-refractivity contribution is -0.103. The third kappa shape index (κ3) is 1.81. The van der Waals surface area contributed by atoms with Gasteiger partial charge in [0.1, 0.15) is 7.28 Å². The van der Waals surface area contributed by atoms with Crippen LogP contribution in [-0.4, -0.2) is 7.28 Å². The molecule has 6 aliphatic carbocycles. The van der Waals surface area contributed by atoms with Gasteiger partial charge in [0, 0.05) is 0 Å². The average molecular weight is 285 g/mol. The third-order valence-electron chi connectivity index (χ3n) is 9.21. The smallest absolute Gasteiger partial charge is 0.0655 e. The number of fused-ring (bicyclic) bond motifs is 4. The van der Waals surface area contributed by atoms with Crippen molar-refractivity contribution in [2.24, 2.45) is 46.3 Å². The molecule has 6 rings (SSSR count). The Labute approximate surface area is 133 Å². The molecule has 21 heavy (non-hydrogen) atoms. The summed E-state index contributed by atoms with van der Waals surface area (Å²) in [5.41, 5.74) is 1.27. The Morgan fingerprint density at radius 2 is 1.33 bits per heavy atom.